The van der Waals surface area contributed by atoms with Crippen LogP contribution in [0.25, 0.3) is 0 Å². The van der Waals surface area contributed by atoms with Crippen LogP contribution in [-0.4, -0.2) is 11.8 Å². The Labute approximate surface area is 95.9 Å². The lowest BCUT2D eigenvalue weighted by molar-refractivity contribution is -0.147. The molecule has 0 aromatic heterocycles. The molecule has 0 amide bonds. The molecule has 0 saturated heterocycles. The molecule has 0 aromatic rings. The minimum atomic E-state index is -0.160. The summed E-state index contributed by atoms with van der Waals surface area (Å²) in [6.07, 6.45) is 2.60. The van der Waals surface area contributed by atoms with E-state index < -0.39 is 0 Å². The highest BCUT2D eigenvalue weighted by Crippen LogP contribution is 2.42. The first kappa shape index (κ1) is 11.4. The molecule has 0 aromatic carbocycles. The summed E-state index contributed by atoms with van der Waals surface area (Å²) in [5.41, 5.74) is 0.695. The summed E-state index contributed by atoms with van der Waals surface area (Å²) in [5, 5.41) is 0. The van der Waals surface area contributed by atoms with Crippen molar-refractivity contribution in [1.29, 1.82) is 0 Å². The van der Waals surface area contributed by atoms with Gasteiger partial charge in [0, 0.05) is 18.4 Å². The molecule has 0 saturated carbocycles. The van der Waals surface area contributed by atoms with E-state index in [1.165, 1.54) is 0 Å². The highest BCUT2D eigenvalue weighted by Gasteiger charge is 2.39. The molecule has 3 nitrogen and oxygen atoms in total. The number of allylic oxidation sites excluding steroid dienone is 2. The zero-order valence-electron chi connectivity index (χ0n) is 10.1. The maximum atomic E-state index is 12.0. The van der Waals surface area contributed by atoms with E-state index in [9.17, 15) is 9.59 Å². The molecule has 1 aliphatic carbocycles. The largest absolute Gasteiger partial charge is 0.430 e. The van der Waals surface area contributed by atoms with Gasteiger partial charge in [0.25, 0.3) is 0 Å². The standard InChI is InChI=1S/C13H18O3/c1-4-8-5-9-10(14)6-13(2,3)7-11(9)16-12(8)15/h8H,4-7H2,1-3H3/t8-/m1/s1. The molecule has 88 valence electrons. The van der Waals surface area contributed by atoms with Gasteiger partial charge in [-0.15, -0.1) is 0 Å². The van der Waals surface area contributed by atoms with Crippen molar-refractivity contribution in [3.05, 3.63) is 11.3 Å². The smallest absolute Gasteiger partial charge is 0.314 e. The fourth-order valence-electron chi connectivity index (χ4n) is 2.47. The fourth-order valence-corrected chi connectivity index (χ4v) is 2.47. The monoisotopic (exact) mass is 222 g/mol. The number of esters is 1. The molecule has 0 fully saturated rings. The van der Waals surface area contributed by atoms with Gasteiger partial charge >= 0.3 is 5.97 Å². The first-order chi connectivity index (χ1) is 7.43. The second-order valence-electron chi connectivity index (χ2n) is 5.57. The van der Waals surface area contributed by atoms with E-state index in [4.69, 9.17) is 4.74 Å². The molecule has 0 radical (unpaired) electrons. The summed E-state index contributed by atoms with van der Waals surface area (Å²) >= 11 is 0. The third-order valence-electron chi connectivity index (χ3n) is 3.45. The minimum Gasteiger partial charge on any atom is -0.430 e. The van der Waals surface area contributed by atoms with Crippen LogP contribution in [0.4, 0.5) is 0 Å². The van der Waals surface area contributed by atoms with Gasteiger partial charge in [0.2, 0.25) is 0 Å². The molecule has 3 heteroatoms. The average Bonchev–Trinajstić information content (AvgIpc) is 2.14. The van der Waals surface area contributed by atoms with Crippen LogP contribution in [0.3, 0.4) is 0 Å². The molecular weight excluding hydrogens is 204 g/mol. The van der Waals surface area contributed by atoms with E-state index in [0.29, 0.717) is 25.0 Å². The van der Waals surface area contributed by atoms with Crippen molar-refractivity contribution in [3.63, 3.8) is 0 Å². The summed E-state index contributed by atoms with van der Waals surface area (Å²) in [5.74, 6) is 0.517. The Balaban J connectivity index is 2.31. The maximum Gasteiger partial charge on any atom is 0.314 e. The summed E-state index contributed by atoms with van der Waals surface area (Å²) in [6.45, 7) is 6.03. The lowest BCUT2D eigenvalue weighted by Gasteiger charge is -2.35. The third kappa shape index (κ3) is 1.91. The van der Waals surface area contributed by atoms with Gasteiger partial charge in [0.05, 0.1) is 5.92 Å². The molecule has 1 heterocycles. The van der Waals surface area contributed by atoms with Gasteiger partial charge in [-0.05, 0) is 18.3 Å². The minimum absolute atomic E-state index is 0.0742. The average molecular weight is 222 g/mol. The molecule has 0 unspecified atom stereocenters. The predicted octanol–water partition coefficient (Wildman–Crippen LogP) is 2.60. The van der Waals surface area contributed by atoms with E-state index in [2.05, 4.69) is 0 Å². The zero-order valence-corrected chi connectivity index (χ0v) is 10.1. The summed E-state index contributed by atoms with van der Waals surface area (Å²) in [7, 11) is 0. The molecule has 0 N–H and O–H groups in total. The number of carbonyl (C=O) groups is 2. The fraction of sp³-hybridized carbons (Fsp3) is 0.692. The van der Waals surface area contributed by atoms with Crippen molar-refractivity contribution < 1.29 is 14.3 Å². The van der Waals surface area contributed by atoms with Crippen molar-refractivity contribution in [2.45, 2.75) is 46.5 Å². The molecule has 0 spiro atoms. The highest BCUT2D eigenvalue weighted by molar-refractivity contribution is 5.99. The van der Waals surface area contributed by atoms with Gasteiger partial charge in [-0.3, -0.25) is 9.59 Å². The SMILES string of the molecule is CC[C@@H]1CC2=C(CC(C)(C)CC2=O)OC1=O. The van der Waals surface area contributed by atoms with Crippen LogP contribution >= 0.6 is 0 Å². The van der Waals surface area contributed by atoms with Crippen molar-refractivity contribution >= 4 is 11.8 Å². The first-order valence-electron chi connectivity index (χ1n) is 5.90. The van der Waals surface area contributed by atoms with Gasteiger partial charge in [-0.25, -0.2) is 0 Å². The third-order valence-corrected chi connectivity index (χ3v) is 3.45. The van der Waals surface area contributed by atoms with Gasteiger partial charge in [0.15, 0.2) is 5.78 Å². The van der Waals surface area contributed by atoms with Crippen LogP contribution in [0.1, 0.15) is 46.5 Å². The summed E-state index contributed by atoms with van der Waals surface area (Å²) in [4.78, 5) is 23.6. The molecule has 0 bridgehead atoms. The topological polar surface area (TPSA) is 43.4 Å². The first-order valence-corrected chi connectivity index (χ1v) is 5.90. The van der Waals surface area contributed by atoms with Crippen LogP contribution in [0, 0.1) is 11.3 Å². The number of carbonyl (C=O) groups excluding carboxylic acids is 2. The number of ketones is 1. The molecule has 2 aliphatic rings. The Morgan fingerprint density at radius 2 is 2.00 bits per heavy atom. The second-order valence-corrected chi connectivity index (χ2v) is 5.57. The van der Waals surface area contributed by atoms with E-state index >= 15 is 0 Å². The Morgan fingerprint density at radius 3 is 2.62 bits per heavy atom. The molecule has 16 heavy (non-hydrogen) atoms. The lowest BCUT2D eigenvalue weighted by Crippen LogP contribution is -2.34. The zero-order chi connectivity index (χ0) is 11.9. The van der Waals surface area contributed by atoms with Crippen LogP contribution in [0.2, 0.25) is 0 Å². The molecule has 1 aliphatic heterocycles. The highest BCUT2D eigenvalue weighted by atomic mass is 16.5. The van der Waals surface area contributed by atoms with Crippen LogP contribution in [0.5, 0.6) is 0 Å². The Bertz CT molecular complexity index is 377. The van der Waals surface area contributed by atoms with E-state index in [1.807, 2.05) is 20.8 Å². The van der Waals surface area contributed by atoms with Gasteiger partial charge < -0.3 is 4.74 Å². The number of rotatable bonds is 1. The summed E-state index contributed by atoms with van der Waals surface area (Å²) in [6, 6.07) is 0. The van der Waals surface area contributed by atoms with Crippen LogP contribution in [0.15, 0.2) is 11.3 Å². The van der Waals surface area contributed by atoms with Crippen molar-refractivity contribution in [2.75, 3.05) is 0 Å². The second kappa shape index (κ2) is 3.72. The van der Waals surface area contributed by atoms with E-state index in [0.717, 1.165) is 12.0 Å². The Morgan fingerprint density at radius 1 is 1.31 bits per heavy atom. The predicted molar refractivity (Wildman–Crippen MR) is 59.5 cm³/mol. The van der Waals surface area contributed by atoms with Crippen molar-refractivity contribution in [2.24, 2.45) is 11.3 Å². The Hall–Kier alpha value is -1.12. The number of hydrogen-bond donors (Lipinski definition) is 0. The molecule has 2 rings (SSSR count). The van der Waals surface area contributed by atoms with Crippen molar-refractivity contribution in [1.82, 2.24) is 0 Å². The lowest BCUT2D eigenvalue weighted by atomic mass is 9.74. The van der Waals surface area contributed by atoms with E-state index in [1.54, 1.807) is 0 Å². The normalized spacial score (nSPS) is 28.8. The number of hydrogen-bond acceptors (Lipinski definition) is 3. The quantitative estimate of drug-likeness (QED) is 0.640. The maximum absolute atomic E-state index is 12.0. The van der Waals surface area contributed by atoms with E-state index in [-0.39, 0.29) is 23.1 Å². The van der Waals surface area contributed by atoms with Gasteiger partial charge in [-0.2, -0.15) is 0 Å². The van der Waals surface area contributed by atoms with Gasteiger partial charge in [0.1, 0.15) is 5.76 Å². The number of Topliss-reactive ketones (excluding diaryl/α,β-unsaturated/α-hetero) is 1. The van der Waals surface area contributed by atoms with Crippen molar-refractivity contribution in [3.8, 4) is 0 Å². The Kier molecular flexibility index (Phi) is 2.64. The molecular formula is C13H18O3. The summed E-state index contributed by atoms with van der Waals surface area (Å²) < 4.78 is 5.32. The van der Waals surface area contributed by atoms with Crippen LogP contribution < -0.4 is 0 Å². The molecule has 1 atom stereocenters. The number of ether oxygens (including phenoxy) is 1. The van der Waals surface area contributed by atoms with Gasteiger partial charge in [-0.1, -0.05) is 20.8 Å². The van der Waals surface area contributed by atoms with Crippen LogP contribution in [-0.2, 0) is 14.3 Å².